The number of aromatic nitrogens is 3. The van der Waals surface area contributed by atoms with Gasteiger partial charge in [0, 0.05) is 11.7 Å². The number of urea groups is 1. The number of carbonyl (C=O) groups excluding carboxylic acids is 3. The SMILES string of the molecule is Cc1c(C(=O)OCC(=O)NC(=O)NC(C)(C)C)cnn1-c1ccc(C(F)(F)F)cn1. The Labute approximate surface area is 169 Å². The number of pyridine rings is 1. The van der Waals surface area contributed by atoms with E-state index in [9.17, 15) is 27.6 Å². The molecule has 0 aliphatic heterocycles. The molecule has 0 fully saturated rings. The van der Waals surface area contributed by atoms with Gasteiger partial charge in [-0.15, -0.1) is 0 Å². The maximum atomic E-state index is 12.6. The highest BCUT2D eigenvalue weighted by Crippen LogP contribution is 2.28. The van der Waals surface area contributed by atoms with Crippen LogP contribution < -0.4 is 10.6 Å². The van der Waals surface area contributed by atoms with Crippen LogP contribution in [-0.2, 0) is 15.7 Å². The number of esters is 1. The molecule has 0 bridgehead atoms. The van der Waals surface area contributed by atoms with Crippen molar-refractivity contribution in [2.24, 2.45) is 0 Å². The van der Waals surface area contributed by atoms with E-state index in [-0.39, 0.29) is 17.1 Å². The fourth-order valence-electron chi connectivity index (χ4n) is 2.26. The molecule has 0 aromatic carbocycles. The third-order valence-corrected chi connectivity index (χ3v) is 3.60. The Kier molecular flexibility index (Phi) is 6.48. The Morgan fingerprint density at radius 1 is 1.13 bits per heavy atom. The first kappa shape index (κ1) is 22.8. The summed E-state index contributed by atoms with van der Waals surface area (Å²) < 4.78 is 43.9. The van der Waals surface area contributed by atoms with Crippen LogP contribution in [0.25, 0.3) is 5.82 Å². The Balaban J connectivity index is 2.01. The molecule has 162 valence electrons. The zero-order valence-electron chi connectivity index (χ0n) is 16.6. The molecule has 0 unspecified atom stereocenters. The number of amides is 3. The minimum absolute atomic E-state index is 0.0105. The van der Waals surface area contributed by atoms with Gasteiger partial charge in [-0.25, -0.2) is 19.3 Å². The molecule has 0 atom stereocenters. The van der Waals surface area contributed by atoms with Gasteiger partial charge in [0.15, 0.2) is 12.4 Å². The summed E-state index contributed by atoms with van der Waals surface area (Å²) in [7, 11) is 0. The van der Waals surface area contributed by atoms with E-state index in [0.29, 0.717) is 6.20 Å². The lowest BCUT2D eigenvalue weighted by molar-refractivity contribution is -0.137. The highest BCUT2D eigenvalue weighted by molar-refractivity contribution is 5.97. The van der Waals surface area contributed by atoms with E-state index in [1.54, 1.807) is 20.8 Å². The van der Waals surface area contributed by atoms with Crippen LogP contribution in [0.3, 0.4) is 0 Å². The predicted molar refractivity (Wildman–Crippen MR) is 97.8 cm³/mol. The largest absolute Gasteiger partial charge is 0.452 e. The van der Waals surface area contributed by atoms with E-state index in [1.807, 2.05) is 5.32 Å². The number of rotatable bonds is 4. The van der Waals surface area contributed by atoms with Crippen LogP contribution in [0.1, 0.15) is 42.4 Å². The van der Waals surface area contributed by atoms with Crippen molar-refractivity contribution in [2.75, 3.05) is 6.61 Å². The number of alkyl halides is 3. The summed E-state index contributed by atoms with van der Waals surface area (Å²) in [5, 5.41) is 8.45. The highest BCUT2D eigenvalue weighted by atomic mass is 19.4. The summed E-state index contributed by atoms with van der Waals surface area (Å²) in [4.78, 5) is 39.2. The van der Waals surface area contributed by atoms with Crippen molar-refractivity contribution in [2.45, 2.75) is 39.4 Å². The van der Waals surface area contributed by atoms with Crippen LogP contribution in [0.15, 0.2) is 24.5 Å². The van der Waals surface area contributed by atoms with E-state index in [2.05, 4.69) is 15.4 Å². The molecule has 0 saturated carbocycles. The first-order valence-electron chi connectivity index (χ1n) is 8.65. The highest BCUT2D eigenvalue weighted by Gasteiger charge is 2.31. The van der Waals surface area contributed by atoms with Crippen molar-refractivity contribution in [1.29, 1.82) is 0 Å². The molecule has 9 nitrogen and oxygen atoms in total. The van der Waals surface area contributed by atoms with Crippen molar-refractivity contribution in [3.63, 3.8) is 0 Å². The third kappa shape index (κ3) is 6.03. The summed E-state index contributed by atoms with van der Waals surface area (Å²) in [6.07, 6.45) is -2.73. The lowest BCUT2D eigenvalue weighted by Crippen LogP contribution is -2.49. The van der Waals surface area contributed by atoms with E-state index in [4.69, 9.17) is 4.74 Å². The summed E-state index contributed by atoms with van der Waals surface area (Å²) in [6, 6.07) is 1.22. The smallest absolute Gasteiger partial charge is 0.417 e. The number of nitrogens with one attached hydrogen (secondary N) is 2. The van der Waals surface area contributed by atoms with E-state index in [1.165, 1.54) is 6.92 Å². The molecule has 2 N–H and O–H groups in total. The molecule has 2 rings (SSSR count). The zero-order valence-corrected chi connectivity index (χ0v) is 16.6. The van der Waals surface area contributed by atoms with Crippen LogP contribution >= 0.6 is 0 Å². The number of nitrogens with zero attached hydrogens (tertiary/aromatic N) is 3. The van der Waals surface area contributed by atoms with Crippen molar-refractivity contribution in [3.8, 4) is 5.82 Å². The quantitative estimate of drug-likeness (QED) is 0.724. The summed E-state index contributed by atoms with van der Waals surface area (Å²) >= 11 is 0. The number of imide groups is 1. The van der Waals surface area contributed by atoms with Gasteiger partial charge in [-0.1, -0.05) is 0 Å². The summed E-state index contributed by atoms with van der Waals surface area (Å²) in [5.41, 5.74) is -1.24. The Morgan fingerprint density at radius 3 is 2.33 bits per heavy atom. The van der Waals surface area contributed by atoms with Gasteiger partial charge in [0.25, 0.3) is 5.91 Å². The van der Waals surface area contributed by atoms with E-state index >= 15 is 0 Å². The molecular weight excluding hydrogens is 407 g/mol. The minimum Gasteiger partial charge on any atom is -0.452 e. The molecule has 0 radical (unpaired) electrons. The molecule has 12 heteroatoms. The minimum atomic E-state index is -4.52. The average Bonchev–Trinajstić information content (AvgIpc) is 2.99. The number of carbonyl (C=O) groups is 3. The van der Waals surface area contributed by atoms with Crippen LogP contribution in [0.2, 0.25) is 0 Å². The molecular formula is C18H20F3N5O4. The van der Waals surface area contributed by atoms with Gasteiger partial charge in [0.2, 0.25) is 0 Å². The van der Waals surface area contributed by atoms with Crippen LogP contribution in [0, 0.1) is 6.92 Å². The number of hydrogen-bond donors (Lipinski definition) is 2. The summed E-state index contributed by atoms with van der Waals surface area (Å²) in [5.74, 6) is -1.66. The Hall–Kier alpha value is -3.44. The molecule has 0 aliphatic carbocycles. The molecule has 0 aliphatic rings. The number of hydrogen-bond acceptors (Lipinski definition) is 6. The molecule has 2 aromatic heterocycles. The molecule has 3 amide bonds. The molecule has 2 aromatic rings. The standard InChI is InChI=1S/C18H20F3N5O4/c1-10-12(15(28)30-9-14(27)24-16(29)25-17(2,3)4)8-23-26(10)13-6-5-11(7-22-13)18(19,20)21/h5-8H,9H2,1-4H3,(H2,24,25,27,29). The fourth-order valence-corrected chi connectivity index (χ4v) is 2.26. The number of halogens is 3. The second-order valence-corrected chi connectivity index (χ2v) is 7.29. The normalized spacial score (nSPS) is 11.7. The lowest BCUT2D eigenvalue weighted by atomic mass is 10.1. The van der Waals surface area contributed by atoms with Crippen molar-refractivity contribution in [3.05, 3.63) is 41.3 Å². The monoisotopic (exact) mass is 427 g/mol. The van der Waals surface area contributed by atoms with E-state index < -0.39 is 41.8 Å². The van der Waals surface area contributed by atoms with Gasteiger partial charge >= 0.3 is 18.2 Å². The summed E-state index contributed by atoms with van der Waals surface area (Å²) in [6.45, 7) is 5.95. The van der Waals surface area contributed by atoms with Crippen LogP contribution in [0.4, 0.5) is 18.0 Å². The van der Waals surface area contributed by atoms with Crippen molar-refractivity contribution in [1.82, 2.24) is 25.4 Å². The van der Waals surface area contributed by atoms with Gasteiger partial charge in [-0.2, -0.15) is 18.3 Å². The predicted octanol–water partition coefficient (Wildman–Crippen LogP) is 2.38. The molecule has 0 saturated heterocycles. The van der Waals surface area contributed by atoms with Gasteiger partial charge < -0.3 is 10.1 Å². The topological polar surface area (TPSA) is 115 Å². The second kappa shape index (κ2) is 8.51. The van der Waals surface area contributed by atoms with Crippen LogP contribution in [-0.4, -0.2) is 44.8 Å². The van der Waals surface area contributed by atoms with Crippen molar-refractivity contribution >= 4 is 17.9 Å². The first-order chi connectivity index (χ1) is 13.8. The zero-order chi connectivity index (χ0) is 22.7. The second-order valence-electron chi connectivity index (χ2n) is 7.29. The van der Waals surface area contributed by atoms with Gasteiger partial charge in [-0.05, 0) is 39.8 Å². The molecule has 2 heterocycles. The molecule has 0 spiro atoms. The van der Waals surface area contributed by atoms with Gasteiger partial charge in [0.05, 0.1) is 17.5 Å². The third-order valence-electron chi connectivity index (χ3n) is 3.60. The fraction of sp³-hybridized carbons (Fsp3) is 0.389. The first-order valence-corrected chi connectivity index (χ1v) is 8.65. The van der Waals surface area contributed by atoms with E-state index in [0.717, 1.165) is 23.0 Å². The van der Waals surface area contributed by atoms with Gasteiger partial charge in [-0.3, -0.25) is 10.1 Å². The van der Waals surface area contributed by atoms with Crippen LogP contribution in [0.5, 0.6) is 0 Å². The average molecular weight is 427 g/mol. The lowest BCUT2D eigenvalue weighted by Gasteiger charge is -2.20. The van der Waals surface area contributed by atoms with Gasteiger partial charge in [0.1, 0.15) is 5.56 Å². The van der Waals surface area contributed by atoms with Crippen molar-refractivity contribution < 1.29 is 32.3 Å². The maximum absolute atomic E-state index is 12.6. The Bertz CT molecular complexity index is 946. The maximum Gasteiger partial charge on any atom is 0.417 e. The number of ether oxygens (including phenoxy) is 1. The molecule has 30 heavy (non-hydrogen) atoms. The Morgan fingerprint density at radius 2 is 1.80 bits per heavy atom.